The fourth-order valence-electron chi connectivity index (χ4n) is 1.73. The van der Waals surface area contributed by atoms with Crippen molar-refractivity contribution in [1.82, 2.24) is 0 Å². The average Bonchev–Trinajstić information content (AvgIpc) is 2.46. The molecule has 100 valence electrons. The van der Waals surface area contributed by atoms with E-state index in [1.54, 1.807) is 6.07 Å². The lowest BCUT2D eigenvalue weighted by molar-refractivity contribution is -0.384. The first-order valence-electron chi connectivity index (χ1n) is 5.83. The van der Waals surface area contributed by atoms with Crippen molar-refractivity contribution in [1.29, 1.82) is 0 Å². The highest BCUT2D eigenvalue weighted by atomic mass is 35.5. The molecule has 0 radical (unpaired) electrons. The Labute approximate surface area is 121 Å². The van der Waals surface area contributed by atoms with E-state index in [4.69, 9.17) is 18.0 Å². The molecule has 0 unspecified atom stereocenters. The lowest BCUT2D eigenvalue weighted by Gasteiger charge is -2.07. The molecule has 20 heavy (non-hydrogen) atoms. The first-order chi connectivity index (χ1) is 9.60. The van der Waals surface area contributed by atoms with Gasteiger partial charge in [0.25, 0.3) is 5.69 Å². The second-order valence-corrected chi connectivity index (χ2v) is 4.53. The van der Waals surface area contributed by atoms with Crippen LogP contribution in [0.2, 0.25) is 5.02 Å². The smallest absolute Gasteiger partial charge is 0.288 e. The van der Waals surface area contributed by atoms with Crippen LogP contribution < -0.4 is 5.32 Å². The van der Waals surface area contributed by atoms with E-state index in [0.717, 1.165) is 16.8 Å². The van der Waals surface area contributed by atoms with Gasteiger partial charge in [0.15, 0.2) is 0 Å². The highest BCUT2D eigenvalue weighted by Gasteiger charge is 2.12. The van der Waals surface area contributed by atoms with Crippen molar-refractivity contribution in [3.63, 3.8) is 0 Å². The molecule has 0 bridgehead atoms. The molecule has 0 aliphatic carbocycles. The number of rotatable bonds is 4. The second kappa shape index (κ2) is 6.09. The monoisotopic (exact) mass is 286 g/mol. The Morgan fingerprint density at radius 1 is 1.30 bits per heavy atom. The molecule has 2 aromatic carbocycles. The van der Waals surface area contributed by atoms with Crippen LogP contribution in [0.3, 0.4) is 0 Å². The molecule has 2 aromatic rings. The van der Waals surface area contributed by atoms with Crippen molar-refractivity contribution in [3.8, 4) is 12.3 Å². The molecular weight excluding hydrogens is 276 g/mol. The molecule has 4 nitrogen and oxygen atoms in total. The summed E-state index contributed by atoms with van der Waals surface area (Å²) in [6.45, 7) is 0.450. The summed E-state index contributed by atoms with van der Waals surface area (Å²) in [5.41, 5.74) is 2.31. The zero-order chi connectivity index (χ0) is 14.5. The van der Waals surface area contributed by atoms with Gasteiger partial charge in [-0.05, 0) is 29.8 Å². The molecule has 1 N–H and O–H groups in total. The Morgan fingerprint density at radius 3 is 2.80 bits per heavy atom. The molecule has 0 aliphatic rings. The van der Waals surface area contributed by atoms with Crippen LogP contribution >= 0.6 is 11.6 Å². The van der Waals surface area contributed by atoms with E-state index in [-0.39, 0.29) is 10.7 Å². The third kappa shape index (κ3) is 3.28. The highest BCUT2D eigenvalue weighted by Crippen LogP contribution is 2.25. The number of anilines is 1. The minimum atomic E-state index is -0.495. The van der Waals surface area contributed by atoms with Gasteiger partial charge in [0.1, 0.15) is 5.02 Å². The first-order valence-corrected chi connectivity index (χ1v) is 6.21. The van der Waals surface area contributed by atoms with Crippen molar-refractivity contribution in [2.45, 2.75) is 6.54 Å². The second-order valence-electron chi connectivity index (χ2n) is 4.12. The number of terminal acetylenes is 1. The molecule has 0 amide bonds. The normalized spacial score (nSPS) is 9.80. The van der Waals surface area contributed by atoms with Gasteiger partial charge in [-0.25, -0.2) is 0 Å². The van der Waals surface area contributed by atoms with Crippen molar-refractivity contribution in [3.05, 3.63) is 68.7 Å². The van der Waals surface area contributed by atoms with Crippen LogP contribution in [-0.4, -0.2) is 4.92 Å². The fourth-order valence-corrected chi connectivity index (χ4v) is 1.92. The van der Waals surface area contributed by atoms with Gasteiger partial charge in [0.05, 0.1) is 4.92 Å². The van der Waals surface area contributed by atoms with E-state index in [1.807, 2.05) is 24.3 Å². The summed E-state index contributed by atoms with van der Waals surface area (Å²) < 4.78 is 0. The molecule has 0 saturated heterocycles. The molecule has 0 atom stereocenters. The van der Waals surface area contributed by atoms with Gasteiger partial charge in [0, 0.05) is 23.9 Å². The number of nitro benzene ring substituents is 1. The van der Waals surface area contributed by atoms with Gasteiger partial charge in [-0.3, -0.25) is 10.1 Å². The van der Waals surface area contributed by atoms with E-state index < -0.39 is 4.92 Å². The molecule has 0 heterocycles. The van der Waals surface area contributed by atoms with Crippen LogP contribution in [-0.2, 0) is 6.54 Å². The molecule has 0 spiro atoms. The number of nitrogens with zero attached hydrogens (tertiary/aromatic N) is 1. The van der Waals surface area contributed by atoms with Crippen LogP contribution in [0.1, 0.15) is 11.1 Å². The average molecular weight is 287 g/mol. The Morgan fingerprint density at radius 2 is 2.10 bits per heavy atom. The van der Waals surface area contributed by atoms with E-state index in [0.29, 0.717) is 6.54 Å². The summed E-state index contributed by atoms with van der Waals surface area (Å²) in [4.78, 5) is 10.3. The molecule has 5 heteroatoms. The van der Waals surface area contributed by atoms with Gasteiger partial charge < -0.3 is 5.32 Å². The van der Waals surface area contributed by atoms with Crippen molar-refractivity contribution < 1.29 is 4.92 Å². The zero-order valence-corrected chi connectivity index (χ0v) is 11.2. The number of nitrogens with one attached hydrogen (secondary N) is 1. The van der Waals surface area contributed by atoms with Crippen molar-refractivity contribution in [2.75, 3.05) is 5.32 Å². The minimum absolute atomic E-state index is 0.0941. The molecule has 0 saturated carbocycles. The maximum Gasteiger partial charge on any atom is 0.288 e. The van der Waals surface area contributed by atoms with Gasteiger partial charge in [0.2, 0.25) is 0 Å². The van der Waals surface area contributed by atoms with Crippen molar-refractivity contribution >= 4 is 23.0 Å². The summed E-state index contributed by atoms with van der Waals surface area (Å²) in [5, 5.41) is 14.1. The lowest BCUT2D eigenvalue weighted by atomic mass is 10.1. The number of hydrogen-bond donors (Lipinski definition) is 1. The third-order valence-corrected chi connectivity index (χ3v) is 3.05. The predicted molar refractivity (Wildman–Crippen MR) is 79.8 cm³/mol. The number of hydrogen-bond acceptors (Lipinski definition) is 3. The van der Waals surface area contributed by atoms with Gasteiger partial charge in [-0.15, -0.1) is 6.42 Å². The fraction of sp³-hybridized carbons (Fsp3) is 0.0667. The summed E-state index contributed by atoms with van der Waals surface area (Å²) in [6.07, 6.45) is 5.33. The zero-order valence-electron chi connectivity index (χ0n) is 10.5. The predicted octanol–water partition coefficient (Wildman–Crippen LogP) is 3.84. The van der Waals surface area contributed by atoms with Gasteiger partial charge in [-0.2, -0.15) is 0 Å². The molecule has 2 rings (SSSR count). The van der Waals surface area contributed by atoms with E-state index in [2.05, 4.69) is 11.2 Å². The van der Waals surface area contributed by atoms with E-state index in [9.17, 15) is 10.1 Å². The van der Waals surface area contributed by atoms with E-state index in [1.165, 1.54) is 12.1 Å². The van der Waals surface area contributed by atoms with Crippen LogP contribution in [0.25, 0.3) is 0 Å². The van der Waals surface area contributed by atoms with E-state index >= 15 is 0 Å². The number of benzene rings is 2. The largest absolute Gasteiger partial charge is 0.381 e. The maximum absolute atomic E-state index is 10.8. The number of halogens is 1. The van der Waals surface area contributed by atoms with Crippen LogP contribution in [0.5, 0.6) is 0 Å². The van der Waals surface area contributed by atoms with Gasteiger partial charge >= 0.3 is 0 Å². The molecule has 0 aliphatic heterocycles. The molecular formula is C15H11ClN2O2. The first kappa shape index (κ1) is 13.9. The highest BCUT2D eigenvalue weighted by molar-refractivity contribution is 6.32. The quantitative estimate of drug-likeness (QED) is 0.528. The van der Waals surface area contributed by atoms with Crippen LogP contribution in [0.15, 0.2) is 42.5 Å². The maximum atomic E-state index is 10.8. The van der Waals surface area contributed by atoms with Crippen molar-refractivity contribution in [2.24, 2.45) is 0 Å². The van der Waals surface area contributed by atoms with Crippen LogP contribution in [0.4, 0.5) is 11.4 Å². The van der Waals surface area contributed by atoms with Gasteiger partial charge in [-0.1, -0.05) is 29.7 Å². The van der Waals surface area contributed by atoms with Crippen LogP contribution in [0, 0.1) is 22.5 Å². The lowest BCUT2D eigenvalue weighted by Crippen LogP contribution is -2.00. The Balaban J connectivity index is 2.13. The molecule has 0 aromatic heterocycles. The Bertz CT molecular complexity index is 693. The molecule has 0 fully saturated rings. The SMILES string of the molecule is C#Cc1cccc(NCc2ccc(Cl)c([N+](=O)[O-])c2)c1. The minimum Gasteiger partial charge on any atom is -0.381 e. The topological polar surface area (TPSA) is 55.2 Å². The standard InChI is InChI=1S/C15H11ClN2O2/c1-2-11-4-3-5-13(8-11)17-10-12-6-7-14(16)15(9-12)18(19)20/h1,3-9,17H,10H2. The Kier molecular flexibility index (Phi) is 4.24. The third-order valence-electron chi connectivity index (χ3n) is 2.73. The Hall–Kier alpha value is -2.51. The summed E-state index contributed by atoms with van der Waals surface area (Å²) in [6, 6.07) is 12.1. The summed E-state index contributed by atoms with van der Waals surface area (Å²) in [5.74, 6) is 2.55. The summed E-state index contributed by atoms with van der Waals surface area (Å²) in [7, 11) is 0. The summed E-state index contributed by atoms with van der Waals surface area (Å²) >= 11 is 5.76. The number of nitro groups is 1.